The second kappa shape index (κ2) is 6.55. The summed E-state index contributed by atoms with van der Waals surface area (Å²) in [7, 11) is 0. The van der Waals surface area contributed by atoms with Crippen LogP contribution in [0.4, 0.5) is 8.78 Å². The number of aromatic nitrogens is 1. The predicted octanol–water partition coefficient (Wildman–Crippen LogP) is 3.53. The van der Waals surface area contributed by atoms with Gasteiger partial charge in [0.2, 0.25) is 0 Å². The fraction of sp³-hybridized carbons (Fsp3) is 0.286. The summed E-state index contributed by atoms with van der Waals surface area (Å²) in [5.74, 6) is -1.41. The Kier molecular flexibility index (Phi) is 4.77. The molecule has 0 saturated carbocycles. The molecular weight excluding hydrogens is 280 g/mol. The van der Waals surface area contributed by atoms with Gasteiger partial charge in [-0.05, 0) is 18.6 Å². The van der Waals surface area contributed by atoms with Crippen LogP contribution in [0.2, 0.25) is 0 Å². The molecule has 1 atom stereocenters. The highest BCUT2D eigenvalue weighted by Crippen LogP contribution is 2.21. The first-order valence-corrected chi connectivity index (χ1v) is 7.04. The normalized spacial score (nSPS) is 12.1. The number of halogens is 2. The van der Waals surface area contributed by atoms with E-state index in [0.717, 1.165) is 23.6 Å². The largest absolute Gasteiger partial charge is 0.304 e. The molecule has 0 spiro atoms. The fourth-order valence-electron chi connectivity index (χ4n) is 1.87. The number of nitrogens with one attached hydrogen (secondary N) is 1. The third-order valence-corrected chi connectivity index (χ3v) is 3.84. The Bertz CT molecular complexity index is 597. The number of thiazole rings is 1. The molecule has 0 amide bonds. The first-order valence-electron chi connectivity index (χ1n) is 6.16. The molecule has 1 unspecified atom stereocenters. The van der Waals surface area contributed by atoms with Gasteiger partial charge in [-0.2, -0.15) is 5.26 Å². The summed E-state index contributed by atoms with van der Waals surface area (Å²) < 4.78 is 27.5. The minimum atomic E-state index is -0.706. The van der Waals surface area contributed by atoms with Crippen LogP contribution in [0, 0.1) is 23.0 Å². The zero-order valence-electron chi connectivity index (χ0n) is 10.9. The summed E-state index contributed by atoms with van der Waals surface area (Å²) in [6, 6.07) is 3.78. The first kappa shape index (κ1) is 14.6. The molecule has 20 heavy (non-hydrogen) atoms. The van der Waals surface area contributed by atoms with Crippen molar-refractivity contribution in [3.8, 4) is 6.07 Å². The van der Waals surface area contributed by atoms with Crippen molar-refractivity contribution >= 4 is 11.3 Å². The zero-order chi connectivity index (χ0) is 14.5. The quantitative estimate of drug-likeness (QED) is 0.917. The summed E-state index contributed by atoms with van der Waals surface area (Å²) in [5.41, 5.74) is -0.0743. The minimum absolute atomic E-state index is 0.0179. The van der Waals surface area contributed by atoms with Gasteiger partial charge < -0.3 is 5.32 Å². The molecule has 2 aromatic rings. The molecule has 104 valence electrons. The van der Waals surface area contributed by atoms with Crippen LogP contribution in [0.15, 0.2) is 23.7 Å². The first-order chi connectivity index (χ1) is 9.65. The van der Waals surface area contributed by atoms with Crippen molar-refractivity contribution < 1.29 is 8.78 Å². The van der Waals surface area contributed by atoms with Crippen molar-refractivity contribution in [3.05, 3.63) is 51.5 Å². The van der Waals surface area contributed by atoms with Crippen LogP contribution in [0.1, 0.15) is 35.5 Å². The summed E-state index contributed by atoms with van der Waals surface area (Å²) >= 11 is 1.50. The second-order valence-electron chi connectivity index (χ2n) is 4.24. The van der Waals surface area contributed by atoms with Crippen molar-refractivity contribution in [2.45, 2.75) is 25.9 Å². The summed E-state index contributed by atoms with van der Waals surface area (Å²) in [6.45, 7) is 2.03. The molecule has 0 aliphatic carbocycles. The van der Waals surface area contributed by atoms with Crippen LogP contribution in [-0.2, 0) is 6.54 Å². The lowest BCUT2D eigenvalue weighted by Gasteiger charge is -2.15. The Morgan fingerprint density at radius 2 is 2.10 bits per heavy atom. The molecule has 6 heteroatoms. The fourth-order valence-corrected chi connectivity index (χ4v) is 2.67. The van der Waals surface area contributed by atoms with Crippen LogP contribution in [-0.4, -0.2) is 4.98 Å². The van der Waals surface area contributed by atoms with Crippen molar-refractivity contribution in [2.24, 2.45) is 0 Å². The maximum atomic E-state index is 13.8. The lowest BCUT2D eigenvalue weighted by molar-refractivity contribution is 0.482. The average Bonchev–Trinajstić information content (AvgIpc) is 2.95. The van der Waals surface area contributed by atoms with Gasteiger partial charge in [0, 0.05) is 23.7 Å². The standard InChI is InChI=1S/C14H13F2N3S/c1-2-13(14-18-3-4-20-14)19-8-10-11(15)5-9(7-17)6-12(10)16/h3-6,13,19H,2,8H2,1H3. The molecule has 1 N–H and O–H groups in total. The second-order valence-corrected chi connectivity index (χ2v) is 5.17. The van der Waals surface area contributed by atoms with E-state index in [9.17, 15) is 8.78 Å². The topological polar surface area (TPSA) is 48.7 Å². The number of hydrogen-bond donors (Lipinski definition) is 1. The molecule has 0 aliphatic heterocycles. The number of nitrogens with zero attached hydrogens (tertiary/aromatic N) is 2. The lowest BCUT2D eigenvalue weighted by Crippen LogP contribution is -2.21. The van der Waals surface area contributed by atoms with Gasteiger partial charge in [-0.3, -0.25) is 0 Å². The highest BCUT2D eigenvalue weighted by Gasteiger charge is 2.15. The molecule has 1 aromatic carbocycles. The van der Waals surface area contributed by atoms with E-state index >= 15 is 0 Å². The Hall–Kier alpha value is -1.84. The van der Waals surface area contributed by atoms with Gasteiger partial charge in [0.25, 0.3) is 0 Å². The van der Waals surface area contributed by atoms with E-state index in [0.29, 0.717) is 0 Å². The van der Waals surface area contributed by atoms with Crippen LogP contribution < -0.4 is 5.32 Å². The highest BCUT2D eigenvalue weighted by atomic mass is 32.1. The average molecular weight is 293 g/mol. The smallest absolute Gasteiger partial charge is 0.131 e. The molecule has 1 aromatic heterocycles. The van der Waals surface area contributed by atoms with Crippen molar-refractivity contribution in [1.29, 1.82) is 5.26 Å². The molecule has 2 rings (SSSR count). The van der Waals surface area contributed by atoms with E-state index < -0.39 is 11.6 Å². The van der Waals surface area contributed by atoms with E-state index in [2.05, 4.69) is 10.3 Å². The maximum Gasteiger partial charge on any atom is 0.131 e. The Morgan fingerprint density at radius 1 is 1.40 bits per heavy atom. The molecule has 1 heterocycles. The van der Waals surface area contributed by atoms with E-state index in [1.54, 1.807) is 12.3 Å². The Balaban J connectivity index is 2.13. The van der Waals surface area contributed by atoms with Gasteiger partial charge in [-0.25, -0.2) is 13.8 Å². The number of rotatable bonds is 5. The predicted molar refractivity (Wildman–Crippen MR) is 73.1 cm³/mol. The molecule has 0 aliphatic rings. The van der Waals surface area contributed by atoms with E-state index in [4.69, 9.17) is 5.26 Å². The van der Waals surface area contributed by atoms with Crippen LogP contribution >= 0.6 is 11.3 Å². The van der Waals surface area contributed by atoms with Crippen LogP contribution in [0.25, 0.3) is 0 Å². The molecule has 0 radical (unpaired) electrons. The van der Waals surface area contributed by atoms with Crippen LogP contribution in [0.3, 0.4) is 0 Å². The number of hydrogen-bond acceptors (Lipinski definition) is 4. The SMILES string of the molecule is CCC(NCc1c(F)cc(C#N)cc1F)c1nccs1. The summed E-state index contributed by atoms with van der Waals surface area (Å²) in [6.07, 6.45) is 2.47. The van der Waals surface area contributed by atoms with Gasteiger partial charge in [0.1, 0.15) is 16.6 Å². The summed E-state index contributed by atoms with van der Waals surface area (Å²) in [5, 5.41) is 14.5. The van der Waals surface area contributed by atoms with Gasteiger partial charge in [0.15, 0.2) is 0 Å². The third-order valence-electron chi connectivity index (χ3n) is 2.95. The van der Waals surface area contributed by atoms with Crippen LogP contribution in [0.5, 0.6) is 0 Å². The maximum absolute atomic E-state index is 13.8. The molecule has 0 bridgehead atoms. The molecule has 0 fully saturated rings. The monoisotopic (exact) mass is 293 g/mol. The Morgan fingerprint density at radius 3 is 2.60 bits per heavy atom. The van der Waals surface area contributed by atoms with E-state index in [-0.39, 0.29) is 23.7 Å². The number of nitriles is 1. The minimum Gasteiger partial charge on any atom is -0.304 e. The van der Waals surface area contributed by atoms with Crippen molar-refractivity contribution in [3.63, 3.8) is 0 Å². The highest BCUT2D eigenvalue weighted by molar-refractivity contribution is 7.09. The zero-order valence-corrected chi connectivity index (χ0v) is 11.7. The molecule has 0 saturated heterocycles. The molecular formula is C14H13F2N3S. The Labute approximate surface area is 119 Å². The van der Waals surface area contributed by atoms with Gasteiger partial charge >= 0.3 is 0 Å². The lowest BCUT2D eigenvalue weighted by atomic mass is 10.1. The van der Waals surface area contributed by atoms with Crippen molar-refractivity contribution in [2.75, 3.05) is 0 Å². The van der Waals surface area contributed by atoms with E-state index in [1.165, 1.54) is 11.3 Å². The van der Waals surface area contributed by atoms with Crippen molar-refractivity contribution in [1.82, 2.24) is 10.3 Å². The van der Waals surface area contributed by atoms with Gasteiger partial charge in [-0.1, -0.05) is 6.92 Å². The summed E-state index contributed by atoms with van der Waals surface area (Å²) in [4.78, 5) is 4.20. The third kappa shape index (κ3) is 3.18. The number of benzene rings is 1. The molecule has 3 nitrogen and oxygen atoms in total. The van der Waals surface area contributed by atoms with Gasteiger partial charge in [0.05, 0.1) is 17.7 Å². The van der Waals surface area contributed by atoms with E-state index in [1.807, 2.05) is 12.3 Å². The van der Waals surface area contributed by atoms with Gasteiger partial charge in [-0.15, -0.1) is 11.3 Å².